The molecule has 0 unspecified atom stereocenters. The van der Waals surface area contributed by atoms with E-state index in [0.717, 1.165) is 38.8 Å². The predicted molar refractivity (Wildman–Crippen MR) is 63.2 cm³/mol. The van der Waals surface area contributed by atoms with Gasteiger partial charge in [0.2, 0.25) is 0 Å². The summed E-state index contributed by atoms with van der Waals surface area (Å²) in [7, 11) is 0. The van der Waals surface area contributed by atoms with Gasteiger partial charge in [0, 0.05) is 6.54 Å². The lowest BCUT2D eigenvalue weighted by Gasteiger charge is -2.24. The van der Waals surface area contributed by atoms with E-state index in [2.05, 4.69) is 5.32 Å². The van der Waals surface area contributed by atoms with Gasteiger partial charge in [-0.05, 0) is 45.1 Å². The highest BCUT2D eigenvalue weighted by Gasteiger charge is 2.25. The molecular weight excluding hydrogens is 202 g/mol. The van der Waals surface area contributed by atoms with Crippen LogP contribution in [0.3, 0.4) is 0 Å². The van der Waals surface area contributed by atoms with Crippen molar-refractivity contribution in [3.63, 3.8) is 0 Å². The lowest BCUT2D eigenvalue weighted by molar-refractivity contribution is -0.155. The van der Waals surface area contributed by atoms with Crippen LogP contribution < -0.4 is 5.32 Å². The molecule has 3 heteroatoms. The third-order valence-corrected chi connectivity index (χ3v) is 3.72. The molecule has 1 saturated heterocycles. The molecule has 1 saturated carbocycles. The second-order valence-electron chi connectivity index (χ2n) is 5.09. The van der Waals surface area contributed by atoms with Gasteiger partial charge < -0.3 is 10.1 Å². The van der Waals surface area contributed by atoms with Gasteiger partial charge in [-0.25, -0.2) is 0 Å². The van der Waals surface area contributed by atoms with Gasteiger partial charge in [0.15, 0.2) is 0 Å². The average Bonchev–Trinajstić information content (AvgIpc) is 2.59. The normalized spacial score (nSPS) is 28.4. The van der Waals surface area contributed by atoms with E-state index in [0.29, 0.717) is 0 Å². The second kappa shape index (κ2) is 6.24. The first-order valence-electron chi connectivity index (χ1n) is 6.77. The molecule has 1 atom stereocenters. The lowest BCUT2D eigenvalue weighted by Crippen LogP contribution is -2.36. The molecule has 0 amide bonds. The molecule has 0 aromatic rings. The van der Waals surface area contributed by atoms with Crippen LogP contribution >= 0.6 is 0 Å². The minimum absolute atomic E-state index is 0.0408. The van der Waals surface area contributed by atoms with E-state index in [1.807, 2.05) is 0 Å². The van der Waals surface area contributed by atoms with Crippen molar-refractivity contribution in [1.82, 2.24) is 5.32 Å². The van der Waals surface area contributed by atoms with Gasteiger partial charge in [-0.1, -0.05) is 12.8 Å². The number of carbonyl (C=O) groups excluding carboxylic acids is 1. The van der Waals surface area contributed by atoms with E-state index < -0.39 is 0 Å². The summed E-state index contributed by atoms with van der Waals surface area (Å²) < 4.78 is 5.63. The van der Waals surface area contributed by atoms with Gasteiger partial charge in [0.1, 0.15) is 6.10 Å². The van der Waals surface area contributed by atoms with Crippen molar-refractivity contribution >= 4 is 5.97 Å². The van der Waals surface area contributed by atoms with Gasteiger partial charge in [-0.3, -0.25) is 4.79 Å². The Morgan fingerprint density at radius 2 is 1.75 bits per heavy atom. The fourth-order valence-electron chi connectivity index (χ4n) is 2.67. The van der Waals surface area contributed by atoms with Crippen LogP contribution in [0.2, 0.25) is 0 Å². The van der Waals surface area contributed by atoms with Crippen LogP contribution in [0.25, 0.3) is 0 Å². The Bertz CT molecular complexity index is 216. The van der Waals surface area contributed by atoms with Gasteiger partial charge in [-0.15, -0.1) is 0 Å². The Kier molecular flexibility index (Phi) is 4.64. The molecule has 0 bridgehead atoms. The number of carbonyl (C=O) groups is 1. The first kappa shape index (κ1) is 11.9. The lowest BCUT2D eigenvalue weighted by atomic mass is 10.00. The number of hydrogen-bond acceptors (Lipinski definition) is 3. The fourth-order valence-corrected chi connectivity index (χ4v) is 2.67. The maximum atomic E-state index is 11.9. The highest BCUT2D eigenvalue weighted by Crippen LogP contribution is 2.22. The van der Waals surface area contributed by atoms with E-state index in [1.54, 1.807) is 0 Å². The molecule has 92 valence electrons. The third kappa shape index (κ3) is 3.48. The van der Waals surface area contributed by atoms with Gasteiger partial charge in [0.25, 0.3) is 0 Å². The van der Waals surface area contributed by atoms with Crippen molar-refractivity contribution in [1.29, 1.82) is 0 Å². The molecule has 3 nitrogen and oxygen atoms in total. The topological polar surface area (TPSA) is 38.3 Å². The Morgan fingerprint density at radius 3 is 2.38 bits per heavy atom. The second-order valence-corrected chi connectivity index (χ2v) is 5.09. The van der Waals surface area contributed by atoms with E-state index in [4.69, 9.17) is 4.74 Å². The summed E-state index contributed by atoms with van der Waals surface area (Å²) in [4.78, 5) is 11.9. The molecule has 0 spiro atoms. The summed E-state index contributed by atoms with van der Waals surface area (Å²) in [5.74, 6) is 0.149. The van der Waals surface area contributed by atoms with Crippen molar-refractivity contribution in [3.05, 3.63) is 0 Å². The highest BCUT2D eigenvalue weighted by atomic mass is 16.5. The van der Waals surface area contributed by atoms with Crippen LogP contribution in [0.1, 0.15) is 51.4 Å². The molecule has 2 aliphatic rings. The minimum atomic E-state index is 0.0408. The molecule has 0 radical (unpaired) electrons. The quantitative estimate of drug-likeness (QED) is 0.578. The van der Waals surface area contributed by atoms with E-state index in [9.17, 15) is 4.79 Å². The number of esters is 1. The van der Waals surface area contributed by atoms with Crippen LogP contribution in [0.4, 0.5) is 0 Å². The summed E-state index contributed by atoms with van der Waals surface area (Å²) in [6, 6.07) is 0. The molecule has 0 aromatic carbocycles. The van der Waals surface area contributed by atoms with Crippen LogP contribution in [0.5, 0.6) is 0 Å². The van der Waals surface area contributed by atoms with Crippen molar-refractivity contribution in [2.75, 3.05) is 13.1 Å². The molecule has 2 rings (SSSR count). The van der Waals surface area contributed by atoms with Gasteiger partial charge in [0.05, 0.1) is 5.92 Å². The van der Waals surface area contributed by atoms with Crippen LogP contribution in [-0.2, 0) is 9.53 Å². The number of nitrogens with one attached hydrogen (secondary N) is 1. The molecule has 2 fully saturated rings. The zero-order valence-corrected chi connectivity index (χ0v) is 10.0. The maximum absolute atomic E-state index is 11.9. The first-order chi connectivity index (χ1) is 7.86. The summed E-state index contributed by atoms with van der Waals surface area (Å²) in [5, 5.41) is 3.26. The molecule has 1 aliphatic carbocycles. The van der Waals surface area contributed by atoms with Gasteiger partial charge in [-0.2, -0.15) is 0 Å². The Balaban J connectivity index is 1.76. The molecular formula is C13H23NO2. The molecule has 0 aromatic heterocycles. The summed E-state index contributed by atoms with van der Waals surface area (Å²) in [6.07, 6.45) is 9.51. The molecule has 16 heavy (non-hydrogen) atoms. The number of hydrogen-bond donors (Lipinski definition) is 1. The van der Waals surface area contributed by atoms with Crippen LogP contribution in [0, 0.1) is 5.92 Å². The largest absolute Gasteiger partial charge is 0.462 e. The van der Waals surface area contributed by atoms with Gasteiger partial charge >= 0.3 is 5.97 Å². The molecule has 1 heterocycles. The zero-order valence-electron chi connectivity index (χ0n) is 10.0. The van der Waals surface area contributed by atoms with Crippen LogP contribution in [-0.4, -0.2) is 25.2 Å². The maximum Gasteiger partial charge on any atom is 0.310 e. The average molecular weight is 225 g/mol. The van der Waals surface area contributed by atoms with E-state index in [-0.39, 0.29) is 18.0 Å². The summed E-state index contributed by atoms with van der Waals surface area (Å²) in [5.41, 5.74) is 0. The van der Waals surface area contributed by atoms with Crippen LogP contribution in [0.15, 0.2) is 0 Å². The van der Waals surface area contributed by atoms with Crippen molar-refractivity contribution in [3.8, 4) is 0 Å². The fraction of sp³-hybridized carbons (Fsp3) is 0.923. The smallest absolute Gasteiger partial charge is 0.310 e. The predicted octanol–water partition coefficient (Wildman–Crippen LogP) is 2.25. The highest BCUT2D eigenvalue weighted by molar-refractivity contribution is 5.73. The number of ether oxygens (including phenoxy) is 1. The van der Waals surface area contributed by atoms with E-state index in [1.165, 1.54) is 25.7 Å². The van der Waals surface area contributed by atoms with Crippen molar-refractivity contribution < 1.29 is 9.53 Å². The monoisotopic (exact) mass is 225 g/mol. The Hall–Kier alpha value is -0.570. The SMILES string of the molecule is O=C(OC1CCCCCC1)[C@H]1CCCNC1. The van der Waals surface area contributed by atoms with Crippen molar-refractivity contribution in [2.45, 2.75) is 57.5 Å². The molecule has 1 N–H and O–H groups in total. The third-order valence-electron chi connectivity index (χ3n) is 3.72. The van der Waals surface area contributed by atoms with Crippen molar-refractivity contribution in [2.24, 2.45) is 5.92 Å². The number of piperidine rings is 1. The minimum Gasteiger partial charge on any atom is -0.462 e. The summed E-state index contributed by atoms with van der Waals surface area (Å²) in [6.45, 7) is 1.86. The van der Waals surface area contributed by atoms with E-state index >= 15 is 0 Å². The summed E-state index contributed by atoms with van der Waals surface area (Å²) >= 11 is 0. The zero-order chi connectivity index (χ0) is 11.2. The Morgan fingerprint density at radius 1 is 1.00 bits per heavy atom. The first-order valence-corrected chi connectivity index (χ1v) is 6.77. The number of rotatable bonds is 2. The molecule has 1 aliphatic heterocycles. The standard InChI is InChI=1S/C13H23NO2/c15-13(11-6-5-9-14-10-11)16-12-7-3-1-2-4-8-12/h11-12,14H,1-10H2/t11-/m0/s1. The Labute approximate surface area is 97.9 Å².